The molecule has 0 aliphatic carbocycles. The number of alkyl halides is 3. The number of halogens is 3. The molecule has 2 aliphatic rings. The zero-order valence-electron chi connectivity index (χ0n) is 10.1. The summed E-state index contributed by atoms with van der Waals surface area (Å²) in [5.74, 6) is 0. The Morgan fingerprint density at radius 1 is 0.944 bits per heavy atom. The normalized spacial score (nSPS) is 27.6. The van der Waals surface area contributed by atoms with Crippen molar-refractivity contribution in [2.75, 3.05) is 4.90 Å². The van der Waals surface area contributed by atoms with Crippen molar-refractivity contribution in [2.45, 2.75) is 50.4 Å². The fourth-order valence-corrected chi connectivity index (χ4v) is 3.45. The Balaban J connectivity index is 2.02. The van der Waals surface area contributed by atoms with E-state index in [0.717, 1.165) is 32.1 Å². The van der Waals surface area contributed by atoms with E-state index in [1.54, 1.807) is 12.1 Å². The van der Waals surface area contributed by atoms with Gasteiger partial charge in [-0.3, -0.25) is 0 Å². The van der Waals surface area contributed by atoms with Gasteiger partial charge in [-0.25, -0.2) is 0 Å². The maximum Gasteiger partial charge on any atom is 0.418 e. The van der Waals surface area contributed by atoms with Crippen molar-refractivity contribution in [2.24, 2.45) is 0 Å². The molecule has 0 amide bonds. The highest BCUT2D eigenvalue weighted by atomic mass is 19.4. The predicted molar refractivity (Wildman–Crippen MR) is 64.6 cm³/mol. The molecule has 18 heavy (non-hydrogen) atoms. The van der Waals surface area contributed by atoms with Gasteiger partial charge in [-0.05, 0) is 44.2 Å². The molecule has 0 N–H and O–H groups in total. The summed E-state index contributed by atoms with van der Waals surface area (Å²) in [7, 11) is 0. The number of hydrogen-bond donors (Lipinski definition) is 0. The first kappa shape index (κ1) is 11.9. The summed E-state index contributed by atoms with van der Waals surface area (Å²) in [5.41, 5.74) is -0.0963. The van der Waals surface area contributed by atoms with E-state index in [4.69, 9.17) is 0 Å². The first-order chi connectivity index (χ1) is 8.57. The Hall–Kier alpha value is -1.19. The highest BCUT2D eigenvalue weighted by Crippen LogP contribution is 2.44. The Bertz CT molecular complexity index is 425. The molecule has 2 heterocycles. The Kier molecular flexibility index (Phi) is 2.76. The summed E-state index contributed by atoms with van der Waals surface area (Å²) >= 11 is 0. The van der Waals surface area contributed by atoms with E-state index >= 15 is 0 Å². The zero-order chi connectivity index (χ0) is 12.8. The molecule has 0 spiro atoms. The van der Waals surface area contributed by atoms with Gasteiger partial charge in [0.1, 0.15) is 0 Å². The van der Waals surface area contributed by atoms with Crippen molar-refractivity contribution >= 4 is 5.69 Å². The Morgan fingerprint density at radius 2 is 1.56 bits per heavy atom. The van der Waals surface area contributed by atoms with Crippen LogP contribution in [0.1, 0.15) is 37.7 Å². The average Bonchev–Trinajstić information content (AvgIpc) is 2.58. The van der Waals surface area contributed by atoms with Crippen molar-refractivity contribution in [3.8, 4) is 0 Å². The lowest BCUT2D eigenvalue weighted by atomic mass is 10.00. The molecule has 1 aromatic carbocycles. The lowest BCUT2D eigenvalue weighted by Crippen LogP contribution is -2.40. The monoisotopic (exact) mass is 255 g/mol. The fraction of sp³-hybridized carbons (Fsp3) is 0.571. The summed E-state index contributed by atoms with van der Waals surface area (Å²) in [6.45, 7) is 0. The van der Waals surface area contributed by atoms with Gasteiger partial charge in [-0.1, -0.05) is 12.1 Å². The molecule has 98 valence electrons. The van der Waals surface area contributed by atoms with Crippen molar-refractivity contribution in [1.82, 2.24) is 0 Å². The first-order valence-electron chi connectivity index (χ1n) is 6.52. The van der Waals surface area contributed by atoms with E-state index in [2.05, 4.69) is 0 Å². The van der Waals surface area contributed by atoms with Gasteiger partial charge in [0.15, 0.2) is 0 Å². The van der Waals surface area contributed by atoms with Gasteiger partial charge in [0, 0.05) is 17.8 Å². The number of rotatable bonds is 1. The molecule has 1 aromatic rings. The minimum atomic E-state index is -4.26. The first-order valence-corrected chi connectivity index (χ1v) is 6.52. The van der Waals surface area contributed by atoms with E-state index in [1.807, 2.05) is 4.90 Å². The van der Waals surface area contributed by atoms with Crippen LogP contribution in [-0.4, -0.2) is 12.1 Å². The number of fused-ring (bicyclic) bond motifs is 2. The van der Waals surface area contributed by atoms with Crippen molar-refractivity contribution in [3.63, 3.8) is 0 Å². The average molecular weight is 255 g/mol. The van der Waals surface area contributed by atoms with E-state index in [1.165, 1.54) is 12.1 Å². The third-order valence-electron chi connectivity index (χ3n) is 4.18. The van der Waals surface area contributed by atoms with Crippen LogP contribution in [0, 0.1) is 0 Å². The van der Waals surface area contributed by atoms with Gasteiger partial charge in [-0.2, -0.15) is 13.2 Å². The Morgan fingerprint density at radius 3 is 2.17 bits per heavy atom. The van der Waals surface area contributed by atoms with Crippen molar-refractivity contribution in [3.05, 3.63) is 29.8 Å². The summed E-state index contributed by atoms with van der Waals surface area (Å²) in [6, 6.07) is 6.62. The van der Waals surface area contributed by atoms with Gasteiger partial charge >= 0.3 is 6.18 Å². The highest BCUT2D eigenvalue weighted by molar-refractivity contribution is 5.57. The van der Waals surface area contributed by atoms with Crippen LogP contribution in [0.15, 0.2) is 24.3 Å². The van der Waals surface area contributed by atoms with Gasteiger partial charge in [-0.15, -0.1) is 0 Å². The number of nitrogens with zero attached hydrogens (tertiary/aromatic N) is 1. The van der Waals surface area contributed by atoms with Gasteiger partial charge in [0.2, 0.25) is 0 Å². The van der Waals surface area contributed by atoms with Gasteiger partial charge < -0.3 is 4.90 Å². The molecule has 2 unspecified atom stereocenters. The second-order valence-electron chi connectivity index (χ2n) is 5.24. The van der Waals surface area contributed by atoms with Crippen LogP contribution in [0.3, 0.4) is 0 Å². The zero-order valence-corrected chi connectivity index (χ0v) is 10.1. The molecule has 0 radical (unpaired) electrons. The molecule has 4 heteroatoms. The van der Waals surface area contributed by atoms with Crippen LogP contribution in [0.2, 0.25) is 0 Å². The molecule has 1 nitrogen and oxygen atoms in total. The van der Waals surface area contributed by atoms with Crippen LogP contribution >= 0.6 is 0 Å². The van der Waals surface area contributed by atoms with E-state index in [-0.39, 0.29) is 0 Å². The molecule has 2 fully saturated rings. The lowest BCUT2D eigenvalue weighted by Gasteiger charge is -2.38. The minimum Gasteiger partial charge on any atom is -0.365 e. The molecular weight excluding hydrogens is 239 g/mol. The molecule has 0 saturated carbocycles. The van der Waals surface area contributed by atoms with Crippen LogP contribution < -0.4 is 4.90 Å². The fourth-order valence-electron chi connectivity index (χ4n) is 3.45. The Labute approximate surface area is 105 Å². The van der Waals surface area contributed by atoms with Crippen LogP contribution in [0.5, 0.6) is 0 Å². The second kappa shape index (κ2) is 4.18. The maximum atomic E-state index is 13.1. The third kappa shape index (κ3) is 1.88. The van der Waals surface area contributed by atoms with E-state index < -0.39 is 11.7 Å². The summed E-state index contributed by atoms with van der Waals surface area (Å²) in [4.78, 5) is 2.03. The van der Waals surface area contributed by atoms with E-state index in [0.29, 0.717) is 17.8 Å². The minimum absolute atomic E-state index is 0.312. The molecule has 3 rings (SSSR count). The number of hydrogen-bond acceptors (Lipinski definition) is 1. The second-order valence-corrected chi connectivity index (χ2v) is 5.24. The van der Waals surface area contributed by atoms with Gasteiger partial charge in [0.05, 0.1) is 5.56 Å². The number of benzene rings is 1. The van der Waals surface area contributed by atoms with Crippen LogP contribution in [-0.2, 0) is 6.18 Å². The molecule has 0 aromatic heterocycles. The van der Waals surface area contributed by atoms with Gasteiger partial charge in [0.25, 0.3) is 0 Å². The predicted octanol–water partition coefficient (Wildman–Crippen LogP) is 4.23. The number of para-hydroxylation sites is 1. The summed E-state index contributed by atoms with van der Waals surface area (Å²) in [6.07, 6.45) is 1.03. The molecule has 2 saturated heterocycles. The standard InChI is InChI=1S/C14H16F3N/c15-14(16,17)12-6-1-2-7-13(12)18-10-4-3-5-11(18)9-8-10/h1-2,6-7,10-11H,3-5,8-9H2. The number of anilines is 1. The summed E-state index contributed by atoms with van der Waals surface area (Å²) in [5, 5.41) is 0. The SMILES string of the molecule is FC(F)(F)c1ccccc1N1C2CCCC1CC2. The quantitative estimate of drug-likeness (QED) is 0.726. The van der Waals surface area contributed by atoms with E-state index in [9.17, 15) is 13.2 Å². The summed E-state index contributed by atoms with van der Waals surface area (Å²) < 4.78 is 39.2. The molecular formula is C14H16F3N. The van der Waals surface area contributed by atoms with Crippen molar-refractivity contribution in [1.29, 1.82) is 0 Å². The van der Waals surface area contributed by atoms with Crippen LogP contribution in [0.4, 0.5) is 18.9 Å². The lowest BCUT2D eigenvalue weighted by molar-refractivity contribution is -0.137. The van der Waals surface area contributed by atoms with Crippen LogP contribution in [0.25, 0.3) is 0 Å². The molecule has 2 atom stereocenters. The topological polar surface area (TPSA) is 3.24 Å². The molecule has 2 aliphatic heterocycles. The maximum absolute atomic E-state index is 13.1. The molecule has 2 bridgehead atoms. The number of piperidine rings is 1. The highest BCUT2D eigenvalue weighted by Gasteiger charge is 2.41. The third-order valence-corrected chi connectivity index (χ3v) is 4.18. The largest absolute Gasteiger partial charge is 0.418 e. The van der Waals surface area contributed by atoms with Crippen molar-refractivity contribution < 1.29 is 13.2 Å². The smallest absolute Gasteiger partial charge is 0.365 e.